The van der Waals surface area contributed by atoms with Crippen LogP contribution >= 0.6 is 0 Å². The van der Waals surface area contributed by atoms with E-state index in [4.69, 9.17) is 4.74 Å². The van der Waals surface area contributed by atoms with Crippen LogP contribution in [0, 0.1) is 0 Å². The molecular weight excluding hydrogens is 180 g/mol. The fourth-order valence-electron chi connectivity index (χ4n) is 1.65. The van der Waals surface area contributed by atoms with Crippen LogP contribution in [0.3, 0.4) is 0 Å². The van der Waals surface area contributed by atoms with Gasteiger partial charge in [-0.1, -0.05) is 30.3 Å². The number of carbonyl (C=O) groups is 1. The molecule has 1 aliphatic heterocycles. The molecule has 0 aromatic heterocycles. The third kappa shape index (κ3) is 1.93. The second-order valence-corrected chi connectivity index (χ2v) is 3.48. The highest BCUT2D eigenvalue weighted by molar-refractivity contribution is 5.71. The maximum absolute atomic E-state index is 11.1. The van der Waals surface area contributed by atoms with Crippen LogP contribution in [0.25, 0.3) is 0 Å². The van der Waals surface area contributed by atoms with Gasteiger partial charge in [-0.25, -0.2) is 0 Å². The van der Waals surface area contributed by atoms with Crippen LogP contribution < -0.4 is 0 Å². The molecule has 2 rings (SSSR count). The van der Waals surface area contributed by atoms with Crippen molar-refractivity contribution in [3.8, 4) is 0 Å². The van der Waals surface area contributed by atoms with E-state index in [0.717, 1.165) is 5.56 Å². The van der Waals surface area contributed by atoms with E-state index in [-0.39, 0.29) is 18.5 Å². The zero-order valence-electron chi connectivity index (χ0n) is 7.72. The van der Waals surface area contributed by atoms with Crippen molar-refractivity contribution in [2.45, 2.75) is 25.0 Å². The number of carbonyl (C=O) groups excluding carboxylic acids is 1. The van der Waals surface area contributed by atoms with Gasteiger partial charge in [-0.05, 0) is 5.56 Å². The topological polar surface area (TPSA) is 46.5 Å². The van der Waals surface area contributed by atoms with Gasteiger partial charge >= 0.3 is 5.97 Å². The Hall–Kier alpha value is -1.35. The number of rotatable bonds is 1. The number of aliphatic hydroxyl groups is 1. The normalized spacial score (nSPS) is 27.1. The summed E-state index contributed by atoms with van der Waals surface area (Å²) >= 11 is 0. The molecule has 1 N–H and O–H groups in total. The van der Waals surface area contributed by atoms with Crippen molar-refractivity contribution in [1.29, 1.82) is 0 Å². The standard InChI is InChI=1S/C11H12O3/c12-9-6-10(14-11(13)7-9)8-4-2-1-3-5-8/h1-5,9-10,12H,6-7H2/t9-,10-/m1/s1. The predicted octanol–water partition coefficient (Wildman–Crippen LogP) is 1.43. The Balaban J connectivity index is 2.15. The molecule has 1 aliphatic rings. The molecule has 0 bridgehead atoms. The minimum absolute atomic E-state index is 0.114. The average molecular weight is 192 g/mol. The van der Waals surface area contributed by atoms with Crippen molar-refractivity contribution in [2.75, 3.05) is 0 Å². The smallest absolute Gasteiger partial charge is 0.309 e. The maximum Gasteiger partial charge on any atom is 0.309 e. The van der Waals surface area contributed by atoms with Gasteiger partial charge in [0, 0.05) is 6.42 Å². The number of benzene rings is 1. The average Bonchev–Trinajstić information content (AvgIpc) is 2.18. The number of aliphatic hydroxyl groups excluding tert-OH is 1. The second kappa shape index (κ2) is 3.80. The highest BCUT2D eigenvalue weighted by Gasteiger charge is 2.27. The Labute approximate surface area is 82.3 Å². The van der Waals surface area contributed by atoms with Crippen LogP contribution in [0.2, 0.25) is 0 Å². The van der Waals surface area contributed by atoms with E-state index in [0.29, 0.717) is 6.42 Å². The van der Waals surface area contributed by atoms with E-state index < -0.39 is 6.10 Å². The van der Waals surface area contributed by atoms with Crippen LogP contribution in [0.4, 0.5) is 0 Å². The number of hydrogen-bond donors (Lipinski definition) is 1. The minimum Gasteiger partial charge on any atom is -0.457 e. The first-order valence-electron chi connectivity index (χ1n) is 4.68. The molecule has 0 amide bonds. The minimum atomic E-state index is -0.568. The fraction of sp³-hybridized carbons (Fsp3) is 0.364. The van der Waals surface area contributed by atoms with Crippen LogP contribution in [-0.2, 0) is 9.53 Å². The molecule has 1 heterocycles. The molecule has 0 radical (unpaired) electrons. The molecular formula is C11H12O3. The van der Waals surface area contributed by atoms with Crippen molar-refractivity contribution in [2.24, 2.45) is 0 Å². The molecule has 0 aliphatic carbocycles. The molecule has 1 saturated heterocycles. The Morgan fingerprint density at radius 3 is 2.64 bits per heavy atom. The summed E-state index contributed by atoms with van der Waals surface area (Å²) in [5.41, 5.74) is 0.944. The number of hydrogen-bond acceptors (Lipinski definition) is 3. The first kappa shape index (κ1) is 9.21. The molecule has 3 nitrogen and oxygen atoms in total. The lowest BCUT2D eigenvalue weighted by atomic mass is 9.99. The molecule has 3 heteroatoms. The zero-order chi connectivity index (χ0) is 9.97. The van der Waals surface area contributed by atoms with Crippen LogP contribution in [-0.4, -0.2) is 17.2 Å². The highest BCUT2D eigenvalue weighted by atomic mass is 16.5. The largest absolute Gasteiger partial charge is 0.457 e. The van der Waals surface area contributed by atoms with E-state index in [1.165, 1.54) is 0 Å². The van der Waals surface area contributed by atoms with Crippen molar-refractivity contribution < 1.29 is 14.6 Å². The Morgan fingerprint density at radius 2 is 2.00 bits per heavy atom. The van der Waals surface area contributed by atoms with Gasteiger partial charge in [0.15, 0.2) is 0 Å². The van der Waals surface area contributed by atoms with E-state index in [1.54, 1.807) is 0 Å². The third-order valence-corrected chi connectivity index (χ3v) is 2.33. The Bertz CT molecular complexity index is 321. The molecule has 2 atom stereocenters. The van der Waals surface area contributed by atoms with Crippen molar-refractivity contribution in [1.82, 2.24) is 0 Å². The Kier molecular flexibility index (Phi) is 2.50. The third-order valence-electron chi connectivity index (χ3n) is 2.33. The van der Waals surface area contributed by atoms with Crippen molar-refractivity contribution in [3.63, 3.8) is 0 Å². The quantitative estimate of drug-likeness (QED) is 0.684. The predicted molar refractivity (Wildman–Crippen MR) is 50.5 cm³/mol. The lowest BCUT2D eigenvalue weighted by molar-refractivity contribution is -0.160. The molecule has 1 aromatic carbocycles. The highest BCUT2D eigenvalue weighted by Crippen LogP contribution is 2.28. The van der Waals surface area contributed by atoms with Gasteiger partial charge in [0.25, 0.3) is 0 Å². The summed E-state index contributed by atoms with van der Waals surface area (Å²) in [6.07, 6.45) is -0.243. The molecule has 1 fully saturated rings. The summed E-state index contributed by atoms with van der Waals surface area (Å²) in [7, 11) is 0. The first-order chi connectivity index (χ1) is 6.75. The number of esters is 1. The van der Waals surface area contributed by atoms with Gasteiger partial charge in [0.05, 0.1) is 12.5 Å². The Morgan fingerprint density at radius 1 is 1.29 bits per heavy atom. The lowest BCUT2D eigenvalue weighted by Gasteiger charge is -2.26. The van der Waals surface area contributed by atoms with Gasteiger partial charge in [-0.2, -0.15) is 0 Å². The van der Waals surface area contributed by atoms with Crippen molar-refractivity contribution >= 4 is 5.97 Å². The summed E-state index contributed by atoms with van der Waals surface area (Å²) in [6.45, 7) is 0. The van der Waals surface area contributed by atoms with E-state index in [1.807, 2.05) is 30.3 Å². The van der Waals surface area contributed by atoms with Gasteiger partial charge in [0.2, 0.25) is 0 Å². The maximum atomic E-state index is 11.1. The molecule has 14 heavy (non-hydrogen) atoms. The van der Waals surface area contributed by atoms with Gasteiger partial charge in [0.1, 0.15) is 6.10 Å². The number of ether oxygens (including phenoxy) is 1. The first-order valence-corrected chi connectivity index (χ1v) is 4.68. The molecule has 0 unspecified atom stereocenters. The number of cyclic esters (lactones) is 1. The van der Waals surface area contributed by atoms with E-state index in [9.17, 15) is 9.90 Å². The van der Waals surface area contributed by atoms with Crippen molar-refractivity contribution in [3.05, 3.63) is 35.9 Å². The molecule has 1 aromatic rings. The fourth-order valence-corrected chi connectivity index (χ4v) is 1.65. The van der Waals surface area contributed by atoms with Gasteiger partial charge in [-0.3, -0.25) is 4.79 Å². The van der Waals surface area contributed by atoms with Gasteiger partial charge < -0.3 is 9.84 Å². The lowest BCUT2D eigenvalue weighted by Crippen LogP contribution is -2.27. The monoisotopic (exact) mass is 192 g/mol. The summed E-state index contributed by atoms with van der Waals surface area (Å²) in [5.74, 6) is -0.322. The SMILES string of the molecule is O=C1C[C@H](O)C[C@H](c2ccccc2)O1. The van der Waals surface area contributed by atoms with Crippen LogP contribution in [0.1, 0.15) is 24.5 Å². The van der Waals surface area contributed by atoms with Crippen LogP contribution in [0.5, 0.6) is 0 Å². The summed E-state index contributed by atoms with van der Waals surface area (Å²) in [6, 6.07) is 9.49. The van der Waals surface area contributed by atoms with Gasteiger partial charge in [-0.15, -0.1) is 0 Å². The summed E-state index contributed by atoms with van der Waals surface area (Å²) in [4.78, 5) is 11.1. The zero-order valence-corrected chi connectivity index (χ0v) is 7.72. The molecule has 0 spiro atoms. The summed E-state index contributed by atoms with van der Waals surface area (Å²) in [5, 5.41) is 9.41. The van der Waals surface area contributed by atoms with Crippen LogP contribution in [0.15, 0.2) is 30.3 Å². The molecule has 74 valence electrons. The second-order valence-electron chi connectivity index (χ2n) is 3.48. The van der Waals surface area contributed by atoms with E-state index >= 15 is 0 Å². The van der Waals surface area contributed by atoms with E-state index in [2.05, 4.69) is 0 Å². The molecule has 0 saturated carbocycles. The summed E-state index contributed by atoms with van der Waals surface area (Å²) < 4.78 is 5.14.